The highest BCUT2D eigenvalue weighted by molar-refractivity contribution is 5.67. The zero-order valence-corrected chi connectivity index (χ0v) is 15.9. The van der Waals surface area contributed by atoms with E-state index in [0.29, 0.717) is 13.2 Å². The fourth-order valence-electron chi connectivity index (χ4n) is 2.76. The van der Waals surface area contributed by atoms with Crippen LogP contribution in [-0.4, -0.2) is 31.3 Å². The molecule has 0 aliphatic rings. The molecule has 0 amide bonds. The van der Waals surface area contributed by atoms with E-state index in [-0.39, 0.29) is 0 Å². The highest BCUT2D eigenvalue weighted by atomic mass is 16.5. The molecule has 0 atom stereocenters. The number of unbranched alkanes of at least 4 members (excludes halogenated alkanes) is 1. The van der Waals surface area contributed by atoms with E-state index in [4.69, 9.17) is 9.47 Å². The number of pyridine rings is 1. The molecular formula is C21H30N2O2. The van der Waals surface area contributed by atoms with Gasteiger partial charge in [-0.1, -0.05) is 19.4 Å². The van der Waals surface area contributed by atoms with Crippen LogP contribution in [0.25, 0.3) is 11.1 Å². The molecule has 4 nitrogen and oxygen atoms in total. The maximum atomic E-state index is 5.72. The van der Waals surface area contributed by atoms with Crippen molar-refractivity contribution in [1.82, 2.24) is 4.98 Å². The molecule has 0 spiro atoms. The van der Waals surface area contributed by atoms with Crippen LogP contribution in [0.5, 0.6) is 11.5 Å². The average Bonchev–Trinajstić information content (AvgIpc) is 2.65. The number of hydrogen-bond acceptors (Lipinski definition) is 4. The van der Waals surface area contributed by atoms with Crippen LogP contribution in [-0.2, 0) is 0 Å². The Labute approximate surface area is 151 Å². The Hall–Kier alpha value is -2.23. The second-order valence-corrected chi connectivity index (χ2v) is 5.87. The Bertz CT molecular complexity index is 641. The summed E-state index contributed by atoms with van der Waals surface area (Å²) in [7, 11) is 0. The van der Waals surface area contributed by atoms with Gasteiger partial charge in [0.2, 0.25) is 0 Å². The lowest BCUT2D eigenvalue weighted by molar-refractivity contribution is 0.288. The second kappa shape index (κ2) is 9.92. The lowest BCUT2D eigenvalue weighted by Crippen LogP contribution is -2.24. The van der Waals surface area contributed by atoms with Gasteiger partial charge in [-0.25, -0.2) is 4.98 Å². The van der Waals surface area contributed by atoms with Crippen molar-refractivity contribution < 1.29 is 9.47 Å². The minimum absolute atomic E-state index is 0.615. The van der Waals surface area contributed by atoms with Gasteiger partial charge in [0.05, 0.1) is 13.2 Å². The van der Waals surface area contributed by atoms with Gasteiger partial charge < -0.3 is 14.4 Å². The zero-order chi connectivity index (χ0) is 18.1. The van der Waals surface area contributed by atoms with Crippen molar-refractivity contribution >= 4 is 5.82 Å². The summed E-state index contributed by atoms with van der Waals surface area (Å²) in [5.74, 6) is 2.61. The fraction of sp³-hybridized carbons (Fsp3) is 0.476. The molecule has 0 saturated heterocycles. The van der Waals surface area contributed by atoms with Crippen LogP contribution in [0, 0.1) is 0 Å². The first-order valence-electron chi connectivity index (χ1n) is 9.34. The van der Waals surface area contributed by atoms with Gasteiger partial charge in [-0.15, -0.1) is 0 Å². The first-order chi connectivity index (χ1) is 12.2. The summed E-state index contributed by atoms with van der Waals surface area (Å²) in [4.78, 5) is 6.98. The zero-order valence-electron chi connectivity index (χ0n) is 15.9. The van der Waals surface area contributed by atoms with E-state index in [0.717, 1.165) is 41.5 Å². The SMILES string of the molecule is CCCCN(CC)c1ccc(-c2ccc(OCC)c(OCC)c2)cn1. The third-order valence-corrected chi connectivity index (χ3v) is 4.11. The topological polar surface area (TPSA) is 34.6 Å². The average molecular weight is 342 g/mol. The van der Waals surface area contributed by atoms with Crippen molar-refractivity contribution in [3.8, 4) is 22.6 Å². The van der Waals surface area contributed by atoms with E-state index in [1.54, 1.807) is 0 Å². The quantitative estimate of drug-likeness (QED) is 0.596. The van der Waals surface area contributed by atoms with Crippen molar-refractivity contribution in [1.29, 1.82) is 0 Å². The molecule has 2 rings (SSSR count). The molecule has 0 radical (unpaired) electrons. The summed E-state index contributed by atoms with van der Waals surface area (Å²) in [6, 6.07) is 10.3. The summed E-state index contributed by atoms with van der Waals surface area (Å²) >= 11 is 0. The maximum Gasteiger partial charge on any atom is 0.161 e. The number of anilines is 1. The van der Waals surface area contributed by atoms with Gasteiger partial charge in [0, 0.05) is 24.8 Å². The van der Waals surface area contributed by atoms with E-state index in [1.165, 1.54) is 12.8 Å². The van der Waals surface area contributed by atoms with Gasteiger partial charge in [-0.05, 0) is 57.0 Å². The van der Waals surface area contributed by atoms with Gasteiger partial charge in [-0.3, -0.25) is 0 Å². The van der Waals surface area contributed by atoms with Gasteiger partial charge in [0.1, 0.15) is 5.82 Å². The summed E-state index contributed by atoms with van der Waals surface area (Å²) in [6.45, 7) is 11.6. The summed E-state index contributed by atoms with van der Waals surface area (Å²) < 4.78 is 11.4. The van der Waals surface area contributed by atoms with Crippen molar-refractivity contribution in [3.63, 3.8) is 0 Å². The molecule has 0 fully saturated rings. The minimum Gasteiger partial charge on any atom is -0.490 e. The van der Waals surface area contributed by atoms with Crippen molar-refractivity contribution in [2.75, 3.05) is 31.2 Å². The highest BCUT2D eigenvalue weighted by Crippen LogP contribution is 2.33. The predicted molar refractivity (Wildman–Crippen MR) is 105 cm³/mol. The molecule has 0 N–H and O–H groups in total. The Morgan fingerprint density at radius 2 is 1.60 bits per heavy atom. The second-order valence-electron chi connectivity index (χ2n) is 5.87. The van der Waals surface area contributed by atoms with Crippen molar-refractivity contribution in [2.24, 2.45) is 0 Å². The molecule has 4 heteroatoms. The number of aromatic nitrogens is 1. The molecule has 0 unspecified atom stereocenters. The normalized spacial score (nSPS) is 10.6. The standard InChI is InChI=1S/C21H30N2O2/c1-5-9-14-23(6-2)21-13-11-18(16-22-21)17-10-12-19(24-7-3)20(15-17)25-8-4/h10-13,15-16H,5-9,14H2,1-4H3. The van der Waals surface area contributed by atoms with Gasteiger partial charge in [-0.2, -0.15) is 0 Å². The van der Waals surface area contributed by atoms with E-state index in [1.807, 2.05) is 32.2 Å². The van der Waals surface area contributed by atoms with Crippen LogP contribution in [0.15, 0.2) is 36.5 Å². The summed E-state index contributed by atoms with van der Waals surface area (Å²) in [5, 5.41) is 0. The molecule has 25 heavy (non-hydrogen) atoms. The first-order valence-corrected chi connectivity index (χ1v) is 9.34. The van der Waals surface area contributed by atoms with Gasteiger partial charge in [0.15, 0.2) is 11.5 Å². The number of nitrogens with zero attached hydrogens (tertiary/aromatic N) is 2. The lowest BCUT2D eigenvalue weighted by Gasteiger charge is -2.21. The summed E-state index contributed by atoms with van der Waals surface area (Å²) in [5.41, 5.74) is 2.17. The van der Waals surface area contributed by atoms with E-state index in [9.17, 15) is 0 Å². The van der Waals surface area contributed by atoms with Crippen LogP contribution in [0.2, 0.25) is 0 Å². The molecular weight excluding hydrogens is 312 g/mol. The van der Waals surface area contributed by atoms with Crippen LogP contribution >= 0.6 is 0 Å². The molecule has 0 saturated carbocycles. The number of ether oxygens (including phenoxy) is 2. The highest BCUT2D eigenvalue weighted by Gasteiger charge is 2.09. The lowest BCUT2D eigenvalue weighted by atomic mass is 10.1. The van der Waals surface area contributed by atoms with Crippen LogP contribution in [0.4, 0.5) is 5.82 Å². The minimum atomic E-state index is 0.615. The third-order valence-electron chi connectivity index (χ3n) is 4.11. The molecule has 1 aromatic carbocycles. The van der Waals surface area contributed by atoms with E-state index >= 15 is 0 Å². The third kappa shape index (κ3) is 5.12. The largest absolute Gasteiger partial charge is 0.490 e. The number of benzene rings is 1. The molecule has 1 heterocycles. The molecule has 0 bridgehead atoms. The Morgan fingerprint density at radius 3 is 2.20 bits per heavy atom. The van der Waals surface area contributed by atoms with Gasteiger partial charge >= 0.3 is 0 Å². The Balaban J connectivity index is 2.22. The van der Waals surface area contributed by atoms with E-state index < -0.39 is 0 Å². The number of hydrogen-bond donors (Lipinski definition) is 0. The molecule has 2 aromatic rings. The fourth-order valence-corrected chi connectivity index (χ4v) is 2.76. The predicted octanol–water partition coefficient (Wildman–Crippen LogP) is 5.17. The van der Waals surface area contributed by atoms with Crippen LogP contribution in [0.3, 0.4) is 0 Å². The molecule has 0 aliphatic carbocycles. The summed E-state index contributed by atoms with van der Waals surface area (Å²) in [6.07, 6.45) is 4.32. The van der Waals surface area contributed by atoms with Crippen molar-refractivity contribution in [3.05, 3.63) is 36.5 Å². The smallest absolute Gasteiger partial charge is 0.161 e. The Morgan fingerprint density at radius 1 is 0.880 bits per heavy atom. The molecule has 0 aliphatic heterocycles. The maximum absolute atomic E-state index is 5.72. The molecule has 1 aromatic heterocycles. The molecule has 136 valence electrons. The Kier molecular flexibility index (Phi) is 7.58. The number of rotatable bonds is 10. The van der Waals surface area contributed by atoms with E-state index in [2.05, 4.69) is 41.9 Å². The van der Waals surface area contributed by atoms with Crippen LogP contribution < -0.4 is 14.4 Å². The van der Waals surface area contributed by atoms with Gasteiger partial charge in [0.25, 0.3) is 0 Å². The monoisotopic (exact) mass is 342 g/mol. The van der Waals surface area contributed by atoms with Crippen LogP contribution in [0.1, 0.15) is 40.5 Å². The van der Waals surface area contributed by atoms with Crippen molar-refractivity contribution in [2.45, 2.75) is 40.5 Å². The first kappa shape index (κ1) is 19.1.